The largest absolute Gasteiger partial charge is 0.416 e. The third-order valence-corrected chi connectivity index (χ3v) is 6.19. The summed E-state index contributed by atoms with van der Waals surface area (Å²) in [6, 6.07) is 4.36. The lowest BCUT2D eigenvalue weighted by Crippen LogP contribution is -2.38. The second kappa shape index (κ2) is 6.33. The van der Waals surface area contributed by atoms with Gasteiger partial charge in [0.1, 0.15) is 5.78 Å². The Hall–Kier alpha value is -1.96. The first-order valence-electron chi connectivity index (χ1n) is 8.18. The summed E-state index contributed by atoms with van der Waals surface area (Å²) in [4.78, 5) is 16.9. The van der Waals surface area contributed by atoms with Crippen molar-refractivity contribution in [3.63, 3.8) is 0 Å². The zero-order valence-electron chi connectivity index (χ0n) is 14.3. The molecule has 3 rings (SSSR count). The summed E-state index contributed by atoms with van der Waals surface area (Å²) in [7, 11) is -3.69. The number of ketones is 1. The van der Waals surface area contributed by atoms with E-state index in [1.54, 1.807) is 6.92 Å². The van der Waals surface area contributed by atoms with Crippen molar-refractivity contribution in [3.8, 4) is 0 Å². The molecule has 26 heavy (non-hydrogen) atoms. The van der Waals surface area contributed by atoms with Gasteiger partial charge in [0, 0.05) is 24.3 Å². The van der Waals surface area contributed by atoms with Gasteiger partial charge in [-0.1, -0.05) is 12.1 Å². The molecule has 1 aromatic rings. The van der Waals surface area contributed by atoms with Crippen LogP contribution in [0, 0.1) is 5.92 Å². The Morgan fingerprint density at radius 1 is 1.08 bits per heavy atom. The number of carbonyl (C=O) groups excluding carboxylic acids is 1. The van der Waals surface area contributed by atoms with E-state index in [-0.39, 0.29) is 10.7 Å². The second-order valence-electron chi connectivity index (χ2n) is 6.72. The summed E-state index contributed by atoms with van der Waals surface area (Å²) in [6.07, 6.45) is -1.89. The number of Topliss-reactive ketones (excluding diaryl/α,β-unsaturated/α-hetero) is 1. The average Bonchev–Trinajstić information content (AvgIpc) is 2.52. The quantitative estimate of drug-likeness (QED) is 0.776. The first-order valence-corrected chi connectivity index (χ1v) is 10.1. The van der Waals surface area contributed by atoms with Crippen LogP contribution in [-0.4, -0.2) is 26.2 Å². The van der Waals surface area contributed by atoms with E-state index >= 15 is 0 Å². The van der Waals surface area contributed by atoms with Crippen LogP contribution in [0.25, 0.3) is 0 Å². The van der Waals surface area contributed by atoms with Crippen molar-refractivity contribution in [3.05, 3.63) is 46.0 Å². The molecule has 4 nitrogen and oxygen atoms in total. The highest BCUT2D eigenvalue weighted by atomic mass is 32.2. The summed E-state index contributed by atoms with van der Waals surface area (Å²) in [5.74, 6) is -1.67. The number of aliphatic imine (C=N–C) groups is 1. The number of sulfone groups is 1. The van der Waals surface area contributed by atoms with Crippen molar-refractivity contribution in [1.82, 2.24) is 0 Å². The Labute approximate surface area is 149 Å². The van der Waals surface area contributed by atoms with E-state index < -0.39 is 33.4 Å². The van der Waals surface area contributed by atoms with Gasteiger partial charge in [-0.3, -0.25) is 9.79 Å². The zero-order chi connectivity index (χ0) is 19.3. The van der Waals surface area contributed by atoms with E-state index in [2.05, 4.69) is 4.99 Å². The summed E-state index contributed by atoms with van der Waals surface area (Å²) in [6.45, 7) is 1.57. The van der Waals surface area contributed by atoms with Crippen molar-refractivity contribution >= 4 is 21.3 Å². The lowest BCUT2D eigenvalue weighted by molar-refractivity contribution is -0.137. The van der Waals surface area contributed by atoms with Crippen LogP contribution in [0.4, 0.5) is 13.2 Å². The molecule has 1 aromatic carbocycles. The molecule has 0 spiro atoms. The maximum absolute atomic E-state index is 12.8. The number of allylic oxidation sites excluding steroid dienone is 2. The van der Waals surface area contributed by atoms with Gasteiger partial charge in [-0.2, -0.15) is 13.2 Å². The van der Waals surface area contributed by atoms with E-state index in [1.807, 2.05) is 0 Å². The van der Waals surface area contributed by atoms with Gasteiger partial charge in [-0.15, -0.1) is 0 Å². The van der Waals surface area contributed by atoms with Gasteiger partial charge >= 0.3 is 6.18 Å². The molecule has 1 aliphatic carbocycles. The van der Waals surface area contributed by atoms with Crippen molar-refractivity contribution in [1.29, 1.82) is 0 Å². The molecule has 1 heterocycles. The summed E-state index contributed by atoms with van der Waals surface area (Å²) in [5, 5.41) is 0. The van der Waals surface area contributed by atoms with Crippen molar-refractivity contribution in [2.45, 2.75) is 38.3 Å². The maximum Gasteiger partial charge on any atom is 0.416 e. The zero-order valence-corrected chi connectivity index (χ0v) is 15.1. The molecular weight excluding hydrogens is 367 g/mol. The molecule has 0 N–H and O–H groups in total. The number of rotatable bonds is 2. The number of nitrogens with zero attached hydrogens (tertiary/aromatic N) is 1. The predicted octanol–water partition coefficient (Wildman–Crippen LogP) is 3.89. The normalized spacial score (nSPS) is 24.3. The maximum atomic E-state index is 12.8. The second-order valence-corrected chi connectivity index (χ2v) is 8.70. The number of benzene rings is 1. The molecule has 2 unspecified atom stereocenters. The van der Waals surface area contributed by atoms with Crippen molar-refractivity contribution < 1.29 is 26.4 Å². The number of carbonyl (C=O) groups is 1. The predicted molar refractivity (Wildman–Crippen MR) is 91.5 cm³/mol. The van der Waals surface area contributed by atoms with Gasteiger partial charge in [-0.05, 0) is 37.5 Å². The fraction of sp³-hybridized carbons (Fsp3) is 0.444. The molecule has 0 aromatic heterocycles. The van der Waals surface area contributed by atoms with Crippen LogP contribution in [0.1, 0.15) is 43.2 Å². The smallest absolute Gasteiger partial charge is 0.299 e. The van der Waals surface area contributed by atoms with Crippen molar-refractivity contribution in [2.75, 3.05) is 6.26 Å². The molecule has 1 saturated carbocycles. The highest BCUT2D eigenvalue weighted by Gasteiger charge is 2.44. The number of fused-ring (bicyclic) bond motifs is 1. The number of hydrogen-bond acceptors (Lipinski definition) is 4. The molecule has 8 heteroatoms. The fourth-order valence-electron chi connectivity index (χ4n) is 3.81. The van der Waals surface area contributed by atoms with Crippen LogP contribution >= 0.6 is 0 Å². The van der Waals surface area contributed by atoms with E-state index in [9.17, 15) is 26.4 Å². The van der Waals surface area contributed by atoms with Gasteiger partial charge in [0.05, 0.1) is 22.1 Å². The van der Waals surface area contributed by atoms with Gasteiger partial charge in [0.25, 0.3) is 0 Å². The fourth-order valence-corrected chi connectivity index (χ4v) is 5.13. The van der Waals surface area contributed by atoms with E-state index in [1.165, 1.54) is 12.1 Å². The van der Waals surface area contributed by atoms with Crippen LogP contribution in [0.3, 0.4) is 0 Å². The van der Waals surface area contributed by atoms with Crippen LogP contribution in [0.2, 0.25) is 0 Å². The van der Waals surface area contributed by atoms with Crippen LogP contribution < -0.4 is 0 Å². The minimum atomic E-state index is -4.48. The Bertz CT molecular complexity index is 912. The molecule has 2 aliphatic rings. The number of halogens is 3. The monoisotopic (exact) mass is 385 g/mol. The molecule has 0 radical (unpaired) electrons. The van der Waals surface area contributed by atoms with Crippen molar-refractivity contribution in [2.24, 2.45) is 10.9 Å². The van der Waals surface area contributed by atoms with E-state index in [0.717, 1.165) is 18.4 Å². The molecule has 1 aliphatic heterocycles. The third kappa shape index (κ3) is 3.34. The Balaban J connectivity index is 2.17. The van der Waals surface area contributed by atoms with E-state index in [4.69, 9.17) is 0 Å². The molecular formula is C18H18F3NO3S. The van der Waals surface area contributed by atoms with Gasteiger partial charge < -0.3 is 0 Å². The molecule has 0 saturated heterocycles. The molecule has 0 amide bonds. The highest BCUT2D eigenvalue weighted by molar-refractivity contribution is 7.94. The van der Waals surface area contributed by atoms with Gasteiger partial charge in [-0.25, -0.2) is 8.42 Å². The van der Waals surface area contributed by atoms with E-state index in [0.29, 0.717) is 36.2 Å². The minimum absolute atomic E-state index is 0.0151. The van der Waals surface area contributed by atoms with Crippen LogP contribution in [0.5, 0.6) is 0 Å². The Kier molecular flexibility index (Phi) is 4.58. The molecule has 140 valence electrons. The molecule has 2 atom stereocenters. The number of alkyl halides is 3. The van der Waals surface area contributed by atoms with Crippen LogP contribution in [-0.2, 0) is 20.8 Å². The highest BCUT2D eigenvalue weighted by Crippen LogP contribution is 2.44. The SMILES string of the molecule is CC1=C(S(C)(=O)=O)C(c2ccc(C(F)(F)F)cc2)C2C(=O)CCCC2=N1. The molecule has 0 bridgehead atoms. The average molecular weight is 385 g/mol. The molecule has 1 fully saturated rings. The Morgan fingerprint density at radius 3 is 2.23 bits per heavy atom. The van der Waals surface area contributed by atoms with Gasteiger partial charge in [0.15, 0.2) is 9.84 Å². The standard InChI is InChI=1S/C18H18F3NO3S/c1-10-17(26(2,24)25)15(16-13(22-10)4-3-5-14(16)23)11-6-8-12(9-7-11)18(19,20)21/h6-9,15-16H,3-5H2,1-2H3. The lowest BCUT2D eigenvalue weighted by atomic mass is 9.72. The first kappa shape index (κ1) is 18.8. The minimum Gasteiger partial charge on any atom is -0.299 e. The van der Waals surface area contributed by atoms with Crippen LogP contribution in [0.15, 0.2) is 39.9 Å². The summed E-state index contributed by atoms with van der Waals surface area (Å²) in [5.41, 5.74) is 0.488. The third-order valence-electron chi connectivity index (χ3n) is 4.84. The first-order chi connectivity index (χ1) is 12.0. The lowest BCUT2D eigenvalue weighted by Gasteiger charge is -2.35. The topological polar surface area (TPSA) is 63.6 Å². The van der Waals surface area contributed by atoms with Gasteiger partial charge in [0.2, 0.25) is 0 Å². The summed E-state index contributed by atoms with van der Waals surface area (Å²) < 4.78 is 63.3. The Morgan fingerprint density at radius 2 is 1.69 bits per heavy atom. The summed E-state index contributed by atoms with van der Waals surface area (Å²) >= 11 is 0. The number of hydrogen-bond donors (Lipinski definition) is 0.